The third-order valence-corrected chi connectivity index (χ3v) is 2.27. The normalized spacial score (nSPS) is 10.3. The van der Waals surface area contributed by atoms with Crippen molar-refractivity contribution in [2.24, 2.45) is 0 Å². The van der Waals surface area contributed by atoms with E-state index < -0.39 is 5.56 Å². The van der Waals surface area contributed by atoms with Crippen LogP contribution in [0, 0.1) is 6.92 Å². The molecular formula is C11H11N3O2. The topological polar surface area (TPSA) is 92.0 Å². The second-order valence-electron chi connectivity index (χ2n) is 3.52. The zero-order valence-electron chi connectivity index (χ0n) is 8.69. The zero-order chi connectivity index (χ0) is 11.7. The summed E-state index contributed by atoms with van der Waals surface area (Å²) in [4.78, 5) is 17.5. The highest BCUT2D eigenvalue weighted by molar-refractivity contribution is 5.62. The number of hydrogen-bond donors (Lipinski definition) is 3. The lowest BCUT2D eigenvalue weighted by Gasteiger charge is -2.04. The smallest absolute Gasteiger partial charge is 0.254 e. The Kier molecular flexibility index (Phi) is 2.36. The van der Waals surface area contributed by atoms with Crippen LogP contribution in [0.1, 0.15) is 5.56 Å². The minimum Gasteiger partial charge on any atom is -0.493 e. The van der Waals surface area contributed by atoms with E-state index in [1.807, 2.05) is 6.92 Å². The number of nitrogen functional groups attached to an aromatic ring is 1. The summed E-state index contributed by atoms with van der Waals surface area (Å²) in [7, 11) is 0. The van der Waals surface area contributed by atoms with E-state index in [1.54, 1.807) is 18.2 Å². The molecule has 0 aliphatic carbocycles. The Balaban J connectivity index is 2.58. The molecule has 5 heteroatoms. The van der Waals surface area contributed by atoms with Gasteiger partial charge in [-0.3, -0.25) is 4.79 Å². The van der Waals surface area contributed by atoms with Crippen molar-refractivity contribution in [1.82, 2.24) is 9.97 Å². The van der Waals surface area contributed by atoms with Gasteiger partial charge in [0.15, 0.2) is 0 Å². The first kappa shape index (κ1) is 10.2. The number of benzene rings is 1. The number of aromatic amines is 1. The summed E-state index contributed by atoms with van der Waals surface area (Å²) in [6.07, 6.45) is 0. The monoisotopic (exact) mass is 217 g/mol. The number of H-pyrrole nitrogens is 1. The summed E-state index contributed by atoms with van der Waals surface area (Å²) >= 11 is 0. The fourth-order valence-electron chi connectivity index (χ4n) is 1.40. The van der Waals surface area contributed by atoms with E-state index in [0.29, 0.717) is 17.1 Å². The Hall–Kier alpha value is -2.30. The average Bonchev–Trinajstić information content (AvgIpc) is 2.20. The predicted molar refractivity (Wildman–Crippen MR) is 61.1 cm³/mol. The summed E-state index contributed by atoms with van der Waals surface area (Å²) in [5.41, 5.74) is 7.57. The van der Waals surface area contributed by atoms with Gasteiger partial charge in [-0.05, 0) is 30.7 Å². The van der Waals surface area contributed by atoms with Crippen molar-refractivity contribution in [3.05, 3.63) is 40.2 Å². The molecule has 4 N–H and O–H groups in total. The Morgan fingerprint density at radius 2 is 2.12 bits per heavy atom. The molecule has 0 atom stereocenters. The minimum absolute atomic E-state index is 0.298. The standard InChI is InChI=1S/C11H11N3O2/c1-6-4-7(2-3-8(6)12)11-13-9(15)5-10(16)14-11/h2-5H,12H2,1H3,(H2,13,14,15,16). The molecule has 1 heterocycles. The summed E-state index contributed by atoms with van der Waals surface area (Å²) in [5.74, 6) is 0.0290. The van der Waals surface area contributed by atoms with Crippen LogP contribution >= 0.6 is 0 Å². The molecule has 2 aromatic rings. The average molecular weight is 217 g/mol. The number of aromatic nitrogens is 2. The van der Waals surface area contributed by atoms with Crippen LogP contribution in [0.5, 0.6) is 5.88 Å². The van der Waals surface area contributed by atoms with Gasteiger partial charge < -0.3 is 15.8 Å². The van der Waals surface area contributed by atoms with Gasteiger partial charge in [-0.15, -0.1) is 0 Å². The van der Waals surface area contributed by atoms with E-state index in [0.717, 1.165) is 11.6 Å². The number of anilines is 1. The van der Waals surface area contributed by atoms with E-state index >= 15 is 0 Å². The number of nitrogens with two attached hydrogens (primary N) is 1. The molecule has 0 spiro atoms. The zero-order valence-corrected chi connectivity index (χ0v) is 8.69. The first-order chi connectivity index (χ1) is 7.56. The molecule has 1 aromatic carbocycles. The van der Waals surface area contributed by atoms with Gasteiger partial charge in [0.1, 0.15) is 5.82 Å². The molecule has 0 amide bonds. The van der Waals surface area contributed by atoms with Crippen LogP contribution < -0.4 is 11.3 Å². The van der Waals surface area contributed by atoms with Crippen LogP contribution in [0.2, 0.25) is 0 Å². The number of rotatable bonds is 1. The van der Waals surface area contributed by atoms with E-state index in [2.05, 4.69) is 9.97 Å². The SMILES string of the molecule is Cc1cc(-c2nc(O)cc(=O)[nH]2)ccc1N. The van der Waals surface area contributed by atoms with E-state index in [1.165, 1.54) is 0 Å². The maximum Gasteiger partial charge on any atom is 0.254 e. The van der Waals surface area contributed by atoms with Crippen molar-refractivity contribution in [2.75, 3.05) is 5.73 Å². The van der Waals surface area contributed by atoms with Gasteiger partial charge in [0.05, 0.1) is 6.07 Å². The fraction of sp³-hybridized carbons (Fsp3) is 0.0909. The fourth-order valence-corrected chi connectivity index (χ4v) is 1.40. The Bertz CT molecular complexity index is 590. The lowest BCUT2D eigenvalue weighted by Crippen LogP contribution is -2.06. The molecule has 82 valence electrons. The van der Waals surface area contributed by atoms with Crippen molar-refractivity contribution in [1.29, 1.82) is 0 Å². The number of nitrogens with one attached hydrogen (secondary N) is 1. The molecule has 1 aromatic heterocycles. The first-order valence-electron chi connectivity index (χ1n) is 4.73. The Labute approximate surface area is 91.6 Å². The molecule has 0 unspecified atom stereocenters. The Morgan fingerprint density at radius 3 is 2.75 bits per heavy atom. The molecule has 5 nitrogen and oxygen atoms in total. The van der Waals surface area contributed by atoms with Gasteiger partial charge in [-0.1, -0.05) is 0 Å². The van der Waals surface area contributed by atoms with Crippen LogP contribution in [0.25, 0.3) is 11.4 Å². The third kappa shape index (κ3) is 1.88. The van der Waals surface area contributed by atoms with Gasteiger partial charge >= 0.3 is 0 Å². The highest BCUT2D eigenvalue weighted by Gasteiger charge is 2.04. The van der Waals surface area contributed by atoms with E-state index in [9.17, 15) is 9.90 Å². The molecule has 0 bridgehead atoms. The van der Waals surface area contributed by atoms with Crippen LogP contribution in [0.3, 0.4) is 0 Å². The number of aromatic hydroxyl groups is 1. The van der Waals surface area contributed by atoms with Gasteiger partial charge in [0.25, 0.3) is 5.56 Å². The van der Waals surface area contributed by atoms with E-state index in [4.69, 9.17) is 5.73 Å². The van der Waals surface area contributed by atoms with Crippen LogP contribution in [-0.4, -0.2) is 15.1 Å². The molecule has 0 fully saturated rings. The number of aryl methyl sites for hydroxylation is 1. The summed E-state index contributed by atoms with van der Waals surface area (Å²) in [6.45, 7) is 1.86. The largest absolute Gasteiger partial charge is 0.493 e. The number of hydrogen-bond acceptors (Lipinski definition) is 4. The molecular weight excluding hydrogens is 206 g/mol. The molecule has 0 radical (unpaired) electrons. The van der Waals surface area contributed by atoms with Crippen molar-refractivity contribution in [2.45, 2.75) is 6.92 Å². The molecule has 2 rings (SSSR count). The van der Waals surface area contributed by atoms with Crippen LogP contribution in [0.4, 0.5) is 5.69 Å². The molecule has 0 aliphatic heterocycles. The summed E-state index contributed by atoms with van der Waals surface area (Å²) < 4.78 is 0. The second-order valence-corrected chi connectivity index (χ2v) is 3.52. The van der Waals surface area contributed by atoms with Crippen molar-refractivity contribution >= 4 is 5.69 Å². The highest BCUT2D eigenvalue weighted by atomic mass is 16.3. The summed E-state index contributed by atoms with van der Waals surface area (Å²) in [6, 6.07) is 6.29. The van der Waals surface area contributed by atoms with Gasteiger partial charge in [0.2, 0.25) is 5.88 Å². The lowest BCUT2D eigenvalue weighted by molar-refractivity contribution is 0.452. The maximum absolute atomic E-state index is 11.2. The molecule has 0 aliphatic rings. The van der Waals surface area contributed by atoms with Crippen molar-refractivity contribution < 1.29 is 5.11 Å². The predicted octanol–water partition coefficient (Wildman–Crippen LogP) is 1.03. The third-order valence-electron chi connectivity index (χ3n) is 2.27. The maximum atomic E-state index is 11.2. The second kappa shape index (κ2) is 3.69. The van der Waals surface area contributed by atoms with Crippen LogP contribution in [-0.2, 0) is 0 Å². The molecule has 0 saturated carbocycles. The van der Waals surface area contributed by atoms with Crippen molar-refractivity contribution in [3.8, 4) is 17.3 Å². The highest BCUT2D eigenvalue weighted by Crippen LogP contribution is 2.20. The van der Waals surface area contributed by atoms with Crippen LogP contribution in [0.15, 0.2) is 29.1 Å². The van der Waals surface area contributed by atoms with Gasteiger partial charge in [-0.25, -0.2) is 0 Å². The first-order valence-corrected chi connectivity index (χ1v) is 4.73. The Morgan fingerprint density at radius 1 is 1.38 bits per heavy atom. The van der Waals surface area contributed by atoms with Gasteiger partial charge in [0, 0.05) is 11.3 Å². The summed E-state index contributed by atoms with van der Waals surface area (Å²) in [5, 5.41) is 9.22. The molecule has 16 heavy (non-hydrogen) atoms. The van der Waals surface area contributed by atoms with E-state index in [-0.39, 0.29) is 5.88 Å². The lowest BCUT2D eigenvalue weighted by atomic mass is 10.1. The number of nitrogens with zero attached hydrogens (tertiary/aromatic N) is 1. The quantitative estimate of drug-likeness (QED) is 0.622. The van der Waals surface area contributed by atoms with Gasteiger partial charge in [-0.2, -0.15) is 4.98 Å². The van der Waals surface area contributed by atoms with Crippen molar-refractivity contribution in [3.63, 3.8) is 0 Å². The minimum atomic E-state index is -0.392. The molecule has 0 saturated heterocycles.